The maximum absolute atomic E-state index is 13.2. The average Bonchev–Trinajstić information content (AvgIpc) is 2.69. The zero-order chi connectivity index (χ0) is 11.5. The Bertz CT molecular complexity index is 524. The molecule has 2 aromatic rings. The number of carbonyl (C=O) groups excluding carboxylic acids is 1. The summed E-state index contributed by atoms with van der Waals surface area (Å²) in [5, 5.41) is 1.04. The zero-order valence-electron chi connectivity index (χ0n) is 8.57. The molecule has 0 aliphatic carbocycles. The number of rotatable bonds is 2. The quantitative estimate of drug-likeness (QED) is 0.590. The van der Waals surface area contributed by atoms with E-state index < -0.39 is 11.8 Å². The highest BCUT2D eigenvalue weighted by molar-refractivity contribution is 7.19. The molecule has 0 amide bonds. The van der Waals surface area contributed by atoms with Crippen molar-refractivity contribution >= 4 is 33.5 Å². The van der Waals surface area contributed by atoms with Gasteiger partial charge in [-0.2, -0.15) is 4.39 Å². The predicted octanol–water partition coefficient (Wildman–Crippen LogP) is 3.38. The number of carbonyl (C=O) groups is 1. The van der Waals surface area contributed by atoms with E-state index in [1.54, 1.807) is 0 Å². The van der Waals surface area contributed by atoms with E-state index in [-0.39, 0.29) is 0 Å². The fourth-order valence-electron chi connectivity index (χ4n) is 1.35. The van der Waals surface area contributed by atoms with Crippen LogP contribution in [0.5, 0.6) is 0 Å². The van der Waals surface area contributed by atoms with E-state index in [0.717, 1.165) is 17.2 Å². The van der Waals surface area contributed by atoms with Crippen molar-refractivity contribution in [1.29, 1.82) is 0 Å². The molecule has 0 saturated carbocycles. The van der Waals surface area contributed by atoms with Crippen LogP contribution >= 0.6 is 11.3 Å². The lowest BCUT2D eigenvalue weighted by Crippen LogP contribution is -1.99. The number of hydrogen-bond donors (Lipinski definition) is 0. The molecule has 0 bridgehead atoms. The number of halogens is 1. The molecule has 0 radical (unpaired) electrons. The summed E-state index contributed by atoms with van der Waals surface area (Å²) < 4.78 is 18.5. The normalized spacial score (nSPS) is 11.8. The van der Waals surface area contributed by atoms with Crippen molar-refractivity contribution in [3.63, 3.8) is 0 Å². The third kappa shape index (κ3) is 2.12. The first-order chi connectivity index (χ1) is 7.70. The van der Waals surface area contributed by atoms with Gasteiger partial charge in [-0.3, -0.25) is 0 Å². The Morgan fingerprint density at radius 2 is 2.19 bits per heavy atom. The van der Waals surface area contributed by atoms with E-state index >= 15 is 0 Å². The molecule has 0 saturated heterocycles. The maximum Gasteiger partial charge on any atom is 0.366 e. The fraction of sp³-hybridized carbons (Fsp3) is 0.0833. The monoisotopic (exact) mass is 236 g/mol. The lowest BCUT2D eigenvalue weighted by atomic mass is 10.2. The lowest BCUT2D eigenvalue weighted by molar-refractivity contribution is -0.137. The van der Waals surface area contributed by atoms with Gasteiger partial charge in [0.25, 0.3) is 0 Å². The summed E-state index contributed by atoms with van der Waals surface area (Å²) in [5.74, 6) is -1.83. The minimum atomic E-state index is -0.947. The highest BCUT2D eigenvalue weighted by Gasteiger charge is 2.09. The third-order valence-corrected chi connectivity index (χ3v) is 3.16. The van der Waals surface area contributed by atoms with Gasteiger partial charge in [0.1, 0.15) is 0 Å². The summed E-state index contributed by atoms with van der Waals surface area (Å²) in [7, 11) is 1.15. The molecule has 0 spiro atoms. The van der Waals surface area contributed by atoms with Crippen molar-refractivity contribution < 1.29 is 13.9 Å². The van der Waals surface area contributed by atoms with Crippen LogP contribution in [0.2, 0.25) is 0 Å². The van der Waals surface area contributed by atoms with Gasteiger partial charge < -0.3 is 4.74 Å². The standard InChI is InChI=1S/C12H9FO2S/c1-15-12(14)10(13)7-9-6-8-4-2-3-5-11(8)16-9/h2-7H,1H3/b10-7-. The van der Waals surface area contributed by atoms with Gasteiger partial charge in [-0.15, -0.1) is 11.3 Å². The summed E-state index contributed by atoms with van der Waals surface area (Å²) in [6, 6.07) is 9.57. The Morgan fingerprint density at radius 1 is 1.44 bits per heavy atom. The number of benzene rings is 1. The Morgan fingerprint density at radius 3 is 2.88 bits per heavy atom. The van der Waals surface area contributed by atoms with Gasteiger partial charge in [0.15, 0.2) is 0 Å². The van der Waals surface area contributed by atoms with Crippen LogP contribution < -0.4 is 0 Å². The first-order valence-electron chi connectivity index (χ1n) is 4.65. The molecular weight excluding hydrogens is 227 g/mol. The topological polar surface area (TPSA) is 26.3 Å². The Labute approximate surface area is 96.0 Å². The molecule has 2 rings (SSSR count). The van der Waals surface area contributed by atoms with Crippen LogP contribution in [0, 0.1) is 0 Å². The first kappa shape index (κ1) is 10.8. The first-order valence-corrected chi connectivity index (χ1v) is 5.46. The molecule has 4 heteroatoms. The average molecular weight is 236 g/mol. The SMILES string of the molecule is COC(=O)/C(F)=C/c1cc2ccccc2s1. The van der Waals surface area contributed by atoms with Gasteiger partial charge in [-0.1, -0.05) is 18.2 Å². The number of ether oxygens (including phenoxy) is 1. The minimum Gasteiger partial charge on any atom is -0.464 e. The second kappa shape index (κ2) is 4.45. The largest absolute Gasteiger partial charge is 0.464 e. The van der Waals surface area contributed by atoms with Crippen molar-refractivity contribution in [2.45, 2.75) is 0 Å². The van der Waals surface area contributed by atoms with Gasteiger partial charge in [0.05, 0.1) is 7.11 Å². The number of hydrogen-bond acceptors (Lipinski definition) is 3. The molecule has 0 aliphatic rings. The van der Waals surface area contributed by atoms with E-state index in [9.17, 15) is 9.18 Å². The Balaban J connectivity index is 2.38. The van der Waals surface area contributed by atoms with E-state index in [1.807, 2.05) is 30.3 Å². The summed E-state index contributed by atoms with van der Waals surface area (Å²) in [4.78, 5) is 11.6. The smallest absolute Gasteiger partial charge is 0.366 e. The van der Waals surface area contributed by atoms with Crippen molar-refractivity contribution in [1.82, 2.24) is 0 Å². The Kier molecular flexibility index (Phi) is 3.01. The molecule has 0 fully saturated rings. The Hall–Kier alpha value is -1.68. The second-order valence-corrected chi connectivity index (χ2v) is 4.29. The summed E-state index contributed by atoms with van der Waals surface area (Å²) in [6.45, 7) is 0. The highest BCUT2D eigenvalue weighted by Crippen LogP contribution is 2.27. The van der Waals surface area contributed by atoms with Crippen molar-refractivity contribution in [3.05, 3.63) is 41.0 Å². The van der Waals surface area contributed by atoms with Crippen LogP contribution in [0.25, 0.3) is 16.2 Å². The molecule has 0 atom stereocenters. The number of methoxy groups -OCH3 is 1. The van der Waals surface area contributed by atoms with Crippen LogP contribution in [0.1, 0.15) is 4.88 Å². The molecule has 0 unspecified atom stereocenters. The van der Waals surface area contributed by atoms with Gasteiger partial charge in [0, 0.05) is 9.58 Å². The van der Waals surface area contributed by atoms with Crippen LogP contribution in [0.3, 0.4) is 0 Å². The summed E-state index contributed by atoms with van der Waals surface area (Å²) in [5.41, 5.74) is 0. The van der Waals surface area contributed by atoms with Crippen LogP contribution in [0.15, 0.2) is 36.2 Å². The van der Waals surface area contributed by atoms with Gasteiger partial charge in [-0.25, -0.2) is 4.79 Å². The van der Waals surface area contributed by atoms with E-state index in [4.69, 9.17) is 0 Å². The molecule has 1 aromatic heterocycles. The molecule has 82 valence electrons. The molecule has 0 N–H and O–H groups in total. The van der Waals surface area contributed by atoms with Crippen molar-refractivity contribution in [3.8, 4) is 0 Å². The van der Waals surface area contributed by atoms with Gasteiger partial charge in [0.2, 0.25) is 5.83 Å². The van der Waals surface area contributed by atoms with Gasteiger partial charge in [-0.05, 0) is 23.6 Å². The fourth-order valence-corrected chi connectivity index (χ4v) is 2.35. The molecule has 2 nitrogen and oxygen atoms in total. The zero-order valence-corrected chi connectivity index (χ0v) is 9.38. The maximum atomic E-state index is 13.2. The molecule has 1 heterocycles. The third-order valence-electron chi connectivity index (χ3n) is 2.09. The molecule has 0 aliphatic heterocycles. The molecule has 16 heavy (non-hydrogen) atoms. The van der Waals surface area contributed by atoms with Crippen LogP contribution in [-0.4, -0.2) is 13.1 Å². The van der Waals surface area contributed by atoms with Gasteiger partial charge >= 0.3 is 5.97 Å². The predicted molar refractivity (Wildman–Crippen MR) is 62.9 cm³/mol. The molecule has 1 aromatic carbocycles. The summed E-state index contributed by atoms with van der Waals surface area (Å²) >= 11 is 1.43. The van der Waals surface area contributed by atoms with E-state index in [1.165, 1.54) is 17.4 Å². The number of esters is 1. The van der Waals surface area contributed by atoms with Crippen LogP contribution in [0.4, 0.5) is 4.39 Å². The van der Waals surface area contributed by atoms with Crippen molar-refractivity contribution in [2.24, 2.45) is 0 Å². The molecular formula is C12H9FO2S. The summed E-state index contributed by atoms with van der Waals surface area (Å²) in [6.07, 6.45) is 1.19. The number of fused-ring (bicyclic) bond motifs is 1. The highest BCUT2D eigenvalue weighted by atomic mass is 32.1. The van der Waals surface area contributed by atoms with E-state index in [0.29, 0.717) is 4.88 Å². The second-order valence-electron chi connectivity index (χ2n) is 3.17. The lowest BCUT2D eigenvalue weighted by Gasteiger charge is -1.92. The van der Waals surface area contributed by atoms with E-state index in [2.05, 4.69) is 4.74 Å². The van der Waals surface area contributed by atoms with Crippen LogP contribution in [-0.2, 0) is 9.53 Å². The number of thiophene rings is 1. The minimum absolute atomic E-state index is 0.698. The van der Waals surface area contributed by atoms with Crippen molar-refractivity contribution in [2.75, 3.05) is 7.11 Å².